The number of aryl methyl sites for hydroxylation is 1. The van der Waals surface area contributed by atoms with Crippen molar-refractivity contribution in [2.75, 3.05) is 6.61 Å². The van der Waals surface area contributed by atoms with Gasteiger partial charge in [0.25, 0.3) is 5.01 Å². The number of hydrogen-bond donors (Lipinski definition) is 0. The molecule has 2 aromatic heterocycles. The second-order valence-corrected chi connectivity index (χ2v) is 12.2. The number of aromatic nitrogens is 1. The van der Waals surface area contributed by atoms with E-state index in [9.17, 15) is 4.79 Å². The minimum absolute atomic E-state index is 0.309. The van der Waals surface area contributed by atoms with Crippen LogP contribution in [0, 0.1) is 0 Å². The Morgan fingerprint density at radius 1 is 0.750 bits per heavy atom. The molecule has 2 aromatic carbocycles. The summed E-state index contributed by atoms with van der Waals surface area (Å²) in [5, 5.41) is 1.81. The molecule has 0 spiro atoms. The van der Waals surface area contributed by atoms with Crippen molar-refractivity contribution in [2.45, 2.75) is 110 Å². The molecule has 0 unspecified atom stereocenters. The van der Waals surface area contributed by atoms with Gasteiger partial charge in [-0.1, -0.05) is 139 Å². The molecule has 0 saturated carbocycles. The molecule has 0 aliphatic heterocycles. The van der Waals surface area contributed by atoms with E-state index in [-0.39, 0.29) is 5.63 Å². The van der Waals surface area contributed by atoms with Crippen LogP contribution in [-0.2, 0) is 7.05 Å². The van der Waals surface area contributed by atoms with Gasteiger partial charge in [-0.2, -0.15) is 4.57 Å². The number of rotatable bonds is 19. The first-order valence-electron chi connectivity index (χ1n) is 15.8. The second-order valence-electron chi connectivity index (χ2n) is 11.2. The van der Waals surface area contributed by atoms with Crippen LogP contribution in [0.3, 0.4) is 0 Å². The van der Waals surface area contributed by atoms with Crippen molar-refractivity contribution < 1.29 is 13.7 Å². The van der Waals surface area contributed by atoms with Crippen LogP contribution in [0.2, 0.25) is 0 Å². The van der Waals surface area contributed by atoms with Crippen molar-refractivity contribution in [1.29, 1.82) is 0 Å². The SMILES string of the molecule is CCCCCCCCCCCCCCCCCCOc1cccc2c1sc(-c1cc3ccccc3oc1=O)[n+]2C. The smallest absolute Gasteiger partial charge is 0.351 e. The average Bonchev–Trinajstić information content (AvgIpc) is 3.31. The monoisotopic (exact) mass is 562 g/mol. The van der Waals surface area contributed by atoms with Gasteiger partial charge in [0, 0.05) is 11.5 Å². The Bertz CT molecular complexity index is 1370. The van der Waals surface area contributed by atoms with Gasteiger partial charge in [0.2, 0.25) is 5.52 Å². The van der Waals surface area contributed by atoms with Crippen molar-refractivity contribution in [2.24, 2.45) is 7.05 Å². The Balaban J connectivity index is 1.15. The van der Waals surface area contributed by atoms with Gasteiger partial charge in [-0.25, -0.2) is 4.79 Å². The van der Waals surface area contributed by atoms with E-state index in [1.165, 1.54) is 96.3 Å². The summed E-state index contributed by atoms with van der Waals surface area (Å²) < 4.78 is 15.0. The van der Waals surface area contributed by atoms with Gasteiger partial charge in [0.15, 0.2) is 0 Å². The number of para-hydroxylation sites is 1. The van der Waals surface area contributed by atoms with Crippen molar-refractivity contribution >= 4 is 32.5 Å². The Kier molecular flexibility index (Phi) is 12.6. The molecule has 0 atom stereocenters. The van der Waals surface area contributed by atoms with Crippen molar-refractivity contribution in [1.82, 2.24) is 0 Å². The normalized spacial score (nSPS) is 11.6. The third-order valence-corrected chi connectivity index (χ3v) is 9.25. The largest absolute Gasteiger partial charge is 0.492 e. The molecule has 4 nitrogen and oxygen atoms in total. The van der Waals surface area contributed by atoms with Crippen LogP contribution in [0.25, 0.3) is 31.8 Å². The van der Waals surface area contributed by atoms with Crippen LogP contribution in [0.15, 0.2) is 57.7 Å². The predicted molar refractivity (Wildman–Crippen MR) is 170 cm³/mol. The molecule has 0 radical (unpaired) electrons. The molecule has 5 heteroatoms. The number of thiazole rings is 1. The van der Waals surface area contributed by atoms with E-state index in [1.807, 2.05) is 49.5 Å². The van der Waals surface area contributed by atoms with E-state index in [0.29, 0.717) is 11.1 Å². The van der Waals surface area contributed by atoms with Crippen molar-refractivity contribution in [3.63, 3.8) is 0 Å². The summed E-state index contributed by atoms with van der Waals surface area (Å²) in [7, 11) is 2.00. The fourth-order valence-electron chi connectivity index (χ4n) is 5.54. The zero-order chi connectivity index (χ0) is 28.0. The molecule has 2 heterocycles. The predicted octanol–water partition coefficient (Wildman–Crippen LogP) is 10.1. The summed E-state index contributed by atoms with van der Waals surface area (Å²) in [6, 6.07) is 15.7. The number of nitrogens with zero attached hydrogens (tertiary/aromatic N) is 1. The lowest BCUT2D eigenvalue weighted by molar-refractivity contribution is -0.629. The first-order chi connectivity index (χ1) is 19.7. The highest BCUT2D eigenvalue weighted by atomic mass is 32.1. The minimum Gasteiger partial charge on any atom is -0.492 e. The third-order valence-electron chi connectivity index (χ3n) is 7.95. The number of hydrogen-bond acceptors (Lipinski definition) is 4. The van der Waals surface area contributed by atoms with E-state index in [2.05, 4.69) is 17.6 Å². The van der Waals surface area contributed by atoms with Gasteiger partial charge in [0.05, 0.1) is 6.61 Å². The Morgan fingerprint density at radius 3 is 2.00 bits per heavy atom. The fourth-order valence-corrected chi connectivity index (χ4v) is 6.76. The molecule has 40 heavy (non-hydrogen) atoms. The first kappa shape index (κ1) is 30.3. The lowest BCUT2D eigenvalue weighted by Crippen LogP contribution is -2.29. The quantitative estimate of drug-likeness (QED) is 0.0648. The van der Waals surface area contributed by atoms with Crippen LogP contribution in [0.5, 0.6) is 5.75 Å². The third kappa shape index (κ3) is 8.67. The molecule has 0 amide bonds. The molecule has 0 bridgehead atoms. The van der Waals surface area contributed by atoms with Crippen LogP contribution >= 0.6 is 11.3 Å². The molecule has 4 aromatic rings. The molecular weight excluding hydrogens is 514 g/mol. The number of ether oxygens (including phenoxy) is 1. The first-order valence-corrected chi connectivity index (χ1v) is 16.6. The van der Waals surface area contributed by atoms with Gasteiger partial charge < -0.3 is 9.15 Å². The summed E-state index contributed by atoms with van der Waals surface area (Å²) >= 11 is 1.59. The van der Waals surface area contributed by atoms with E-state index in [4.69, 9.17) is 9.15 Å². The van der Waals surface area contributed by atoms with E-state index >= 15 is 0 Å². The highest BCUT2D eigenvalue weighted by molar-refractivity contribution is 7.21. The van der Waals surface area contributed by atoms with Crippen molar-refractivity contribution in [3.8, 4) is 16.3 Å². The molecule has 0 aliphatic rings. The van der Waals surface area contributed by atoms with Crippen LogP contribution in [0.4, 0.5) is 0 Å². The van der Waals surface area contributed by atoms with E-state index < -0.39 is 0 Å². The lowest BCUT2D eigenvalue weighted by atomic mass is 10.0. The Hall–Kier alpha value is -2.66. The van der Waals surface area contributed by atoms with E-state index in [0.717, 1.165) is 39.4 Å². The molecule has 0 N–H and O–H groups in total. The van der Waals surface area contributed by atoms with Crippen LogP contribution < -0.4 is 14.9 Å². The topological polar surface area (TPSA) is 43.3 Å². The molecule has 4 rings (SSSR count). The van der Waals surface area contributed by atoms with Gasteiger partial charge in [-0.3, -0.25) is 0 Å². The van der Waals surface area contributed by atoms with Crippen LogP contribution in [0.1, 0.15) is 110 Å². The number of fused-ring (bicyclic) bond motifs is 2. The van der Waals surface area contributed by atoms with E-state index in [1.54, 1.807) is 11.3 Å². The summed E-state index contributed by atoms with van der Waals surface area (Å²) in [4.78, 5) is 12.8. The maximum atomic E-state index is 12.8. The fraction of sp³-hybridized carbons (Fsp3) is 0.543. The number of benzene rings is 2. The zero-order valence-electron chi connectivity index (χ0n) is 24.7. The molecule has 216 valence electrons. The van der Waals surface area contributed by atoms with Gasteiger partial charge in [-0.15, -0.1) is 0 Å². The highest BCUT2D eigenvalue weighted by Crippen LogP contribution is 2.34. The Morgan fingerprint density at radius 2 is 1.35 bits per heavy atom. The summed E-state index contributed by atoms with van der Waals surface area (Å²) in [5.74, 6) is 0.899. The van der Waals surface area contributed by atoms with Gasteiger partial charge in [0.1, 0.15) is 28.6 Å². The summed E-state index contributed by atoms with van der Waals surface area (Å²) in [6.07, 6.45) is 21.9. The Labute approximate surface area is 244 Å². The zero-order valence-corrected chi connectivity index (χ0v) is 25.5. The second kappa shape index (κ2) is 16.6. The standard InChI is InChI=1S/C35H48NO3S/c1-3-4-5-6-7-8-9-10-11-12-13-14-15-16-17-20-26-38-32-25-21-23-30-33(32)40-34(36(30)2)29-27-28-22-18-19-24-31(28)39-35(29)37/h18-19,21-25,27H,3-17,20,26H2,1-2H3/q+1. The molecule has 0 aliphatic carbocycles. The highest BCUT2D eigenvalue weighted by Gasteiger charge is 2.24. The lowest BCUT2D eigenvalue weighted by Gasteiger charge is -2.06. The molecule has 0 fully saturated rings. The van der Waals surface area contributed by atoms with Crippen LogP contribution in [-0.4, -0.2) is 6.61 Å². The van der Waals surface area contributed by atoms with Crippen molar-refractivity contribution in [3.05, 3.63) is 59.0 Å². The van der Waals surface area contributed by atoms with Gasteiger partial charge in [-0.05, 0) is 24.6 Å². The number of unbranched alkanes of at least 4 members (excludes halogenated alkanes) is 15. The average molecular weight is 563 g/mol. The summed E-state index contributed by atoms with van der Waals surface area (Å²) in [6.45, 7) is 3.02. The minimum atomic E-state index is -0.309. The molecule has 0 saturated heterocycles. The molecular formula is C35H48NO3S+. The maximum absolute atomic E-state index is 12.8. The van der Waals surface area contributed by atoms with Gasteiger partial charge >= 0.3 is 5.63 Å². The maximum Gasteiger partial charge on any atom is 0.351 e. The summed E-state index contributed by atoms with van der Waals surface area (Å²) in [5.41, 5.74) is 1.96.